The fourth-order valence-corrected chi connectivity index (χ4v) is 3.32. The van der Waals surface area contributed by atoms with Crippen molar-refractivity contribution in [2.75, 3.05) is 0 Å². The van der Waals surface area contributed by atoms with Gasteiger partial charge in [-0.2, -0.15) is 5.26 Å². The Morgan fingerprint density at radius 1 is 1.17 bits per heavy atom. The fraction of sp³-hybridized carbons (Fsp3) is 0.263. The average Bonchev–Trinajstić information content (AvgIpc) is 2.81. The van der Waals surface area contributed by atoms with Gasteiger partial charge in [0.05, 0.1) is 11.5 Å². The summed E-state index contributed by atoms with van der Waals surface area (Å²) in [6.07, 6.45) is 0. The van der Waals surface area contributed by atoms with E-state index < -0.39 is 22.6 Å². The van der Waals surface area contributed by atoms with Crippen molar-refractivity contribution in [1.29, 1.82) is 5.26 Å². The van der Waals surface area contributed by atoms with E-state index in [1.807, 2.05) is 19.1 Å². The first-order valence-corrected chi connectivity index (χ1v) is 7.33. The van der Waals surface area contributed by atoms with Crippen LogP contribution >= 0.6 is 0 Å². The molecule has 23 heavy (non-hydrogen) atoms. The number of carbonyl (C=O) groups excluding carboxylic acids is 1. The second-order valence-corrected chi connectivity index (χ2v) is 6.38. The third-order valence-electron chi connectivity index (χ3n) is 4.54. The van der Waals surface area contributed by atoms with Crippen molar-refractivity contribution in [3.63, 3.8) is 0 Å². The molecule has 4 heteroatoms. The number of carbonyl (C=O) groups is 1. The summed E-state index contributed by atoms with van der Waals surface area (Å²) < 4.78 is 18.8. The molecule has 0 bridgehead atoms. The molecule has 3 nitrogen and oxygen atoms in total. The van der Waals surface area contributed by atoms with Crippen molar-refractivity contribution in [3.05, 3.63) is 65.0 Å². The van der Waals surface area contributed by atoms with Gasteiger partial charge >= 0.3 is 5.97 Å². The second-order valence-electron chi connectivity index (χ2n) is 6.38. The predicted molar refractivity (Wildman–Crippen MR) is 83.4 cm³/mol. The molecule has 0 saturated heterocycles. The van der Waals surface area contributed by atoms with Crippen LogP contribution in [0.3, 0.4) is 0 Å². The number of rotatable bonds is 2. The van der Waals surface area contributed by atoms with Gasteiger partial charge in [-0.25, -0.2) is 4.39 Å². The number of esters is 1. The van der Waals surface area contributed by atoms with Crippen LogP contribution in [0.25, 0.3) is 0 Å². The molecule has 0 fully saturated rings. The molecule has 1 heterocycles. The fourth-order valence-electron chi connectivity index (χ4n) is 3.32. The number of hydrogen-bond acceptors (Lipinski definition) is 3. The number of hydrogen-bond donors (Lipinski definition) is 0. The molecule has 0 saturated carbocycles. The van der Waals surface area contributed by atoms with E-state index in [0.29, 0.717) is 16.9 Å². The highest BCUT2D eigenvalue weighted by Crippen LogP contribution is 2.54. The third-order valence-corrected chi connectivity index (χ3v) is 4.54. The Balaban J connectivity index is 2.40. The van der Waals surface area contributed by atoms with Gasteiger partial charge in [0.2, 0.25) is 0 Å². The van der Waals surface area contributed by atoms with Crippen molar-refractivity contribution in [2.24, 2.45) is 5.41 Å². The van der Waals surface area contributed by atoms with E-state index in [4.69, 9.17) is 4.74 Å². The molecule has 2 aromatic rings. The van der Waals surface area contributed by atoms with Crippen LogP contribution in [0.15, 0.2) is 42.5 Å². The Hall–Kier alpha value is -2.67. The molecule has 1 aliphatic heterocycles. The van der Waals surface area contributed by atoms with Gasteiger partial charge in [0, 0.05) is 5.56 Å². The van der Waals surface area contributed by atoms with E-state index in [-0.39, 0.29) is 0 Å². The zero-order valence-electron chi connectivity index (χ0n) is 13.2. The first-order valence-electron chi connectivity index (χ1n) is 7.33. The van der Waals surface area contributed by atoms with Gasteiger partial charge in [-0.1, -0.05) is 29.8 Å². The van der Waals surface area contributed by atoms with Crippen LogP contribution in [-0.4, -0.2) is 5.97 Å². The third kappa shape index (κ3) is 1.97. The minimum Gasteiger partial charge on any atom is -0.425 e. The minimum atomic E-state index is -1.28. The highest BCUT2D eigenvalue weighted by Gasteiger charge is 2.60. The quantitative estimate of drug-likeness (QED) is 0.624. The van der Waals surface area contributed by atoms with Gasteiger partial charge in [-0.3, -0.25) is 4.79 Å². The highest BCUT2D eigenvalue weighted by atomic mass is 19.1. The van der Waals surface area contributed by atoms with Crippen molar-refractivity contribution in [1.82, 2.24) is 0 Å². The van der Waals surface area contributed by atoms with Crippen molar-refractivity contribution < 1.29 is 13.9 Å². The normalized spacial score (nSPS) is 19.9. The van der Waals surface area contributed by atoms with E-state index >= 15 is 0 Å². The number of benzene rings is 2. The molecular weight excluding hydrogens is 293 g/mol. The monoisotopic (exact) mass is 309 g/mol. The van der Waals surface area contributed by atoms with Crippen LogP contribution in [0.4, 0.5) is 4.39 Å². The van der Waals surface area contributed by atoms with E-state index in [1.165, 1.54) is 12.1 Å². The summed E-state index contributed by atoms with van der Waals surface area (Å²) in [4.78, 5) is 12.9. The molecule has 0 aromatic heterocycles. The molecule has 1 unspecified atom stereocenters. The summed E-state index contributed by atoms with van der Waals surface area (Å²) >= 11 is 0. The van der Waals surface area contributed by atoms with Crippen molar-refractivity contribution >= 4 is 5.97 Å². The number of ether oxygens (including phenoxy) is 1. The summed E-state index contributed by atoms with van der Waals surface area (Å²) in [6.45, 7) is 5.32. The lowest BCUT2D eigenvalue weighted by molar-refractivity contribution is -0.139. The van der Waals surface area contributed by atoms with Crippen LogP contribution in [-0.2, 0) is 10.2 Å². The number of nitriles is 1. The highest BCUT2D eigenvalue weighted by molar-refractivity contribution is 5.96. The van der Waals surface area contributed by atoms with Crippen LogP contribution < -0.4 is 4.74 Å². The number of halogens is 1. The lowest BCUT2D eigenvalue weighted by Crippen LogP contribution is -2.47. The zero-order valence-corrected chi connectivity index (χ0v) is 13.2. The first-order chi connectivity index (χ1) is 10.8. The molecule has 0 N–H and O–H groups in total. The largest absolute Gasteiger partial charge is 0.425 e. The predicted octanol–water partition coefficient (Wildman–Crippen LogP) is 3.89. The summed E-state index contributed by atoms with van der Waals surface area (Å²) in [6, 6.07) is 13.4. The van der Waals surface area contributed by atoms with Gasteiger partial charge in [0.1, 0.15) is 17.0 Å². The van der Waals surface area contributed by atoms with Gasteiger partial charge in [0.25, 0.3) is 0 Å². The maximum absolute atomic E-state index is 13.4. The SMILES string of the molecule is Cc1ccc2c(c1)C(c1ccc(F)cc1)(C(C)(C)C#N)C(=O)O2. The van der Waals surface area contributed by atoms with Crippen molar-refractivity contribution in [2.45, 2.75) is 26.2 Å². The number of aryl methyl sites for hydroxylation is 1. The molecule has 1 aliphatic rings. The van der Waals surface area contributed by atoms with Crippen molar-refractivity contribution in [3.8, 4) is 11.8 Å². The number of nitrogens with zero attached hydrogens (tertiary/aromatic N) is 1. The molecular formula is C19H16FNO2. The van der Waals surface area contributed by atoms with E-state index in [9.17, 15) is 14.4 Å². The Morgan fingerprint density at radius 3 is 2.43 bits per heavy atom. The Kier molecular flexibility index (Phi) is 3.26. The van der Waals surface area contributed by atoms with Gasteiger partial charge in [0.15, 0.2) is 0 Å². The standard InChI is InChI=1S/C19H16FNO2/c1-12-4-9-16-15(10-12)19(17(22)23-16,18(2,3)11-21)13-5-7-14(20)8-6-13/h4-10H,1-3H3. The lowest BCUT2D eigenvalue weighted by atomic mass is 9.59. The summed E-state index contributed by atoms with van der Waals surface area (Å²) in [5.74, 6) is -0.445. The molecule has 1 atom stereocenters. The Bertz CT molecular complexity index is 833. The maximum atomic E-state index is 13.4. The Morgan fingerprint density at radius 2 is 1.83 bits per heavy atom. The molecule has 0 amide bonds. The van der Waals surface area contributed by atoms with Crippen LogP contribution in [0.5, 0.6) is 5.75 Å². The van der Waals surface area contributed by atoms with Crippen LogP contribution in [0, 0.1) is 29.5 Å². The maximum Gasteiger partial charge on any atom is 0.328 e. The summed E-state index contributed by atoms with van der Waals surface area (Å²) in [5, 5.41) is 9.72. The lowest BCUT2D eigenvalue weighted by Gasteiger charge is -2.37. The first kappa shape index (κ1) is 15.2. The van der Waals surface area contributed by atoms with E-state index in [0.717, 1.165) is 5.56 Å². The average molecular weight is 309 g/mol. The Labute approximate surface area is 134 Å². The molecule has 0 aliphatic carbocycles. The van der Waals surface area contributed by atoms with Gasteiger partial charge in [-0.05, 0) is 44.5 Å². The smallest absolute Gasteiger partial charge is 0.328 e. The van der Waals surface area contributed by atoms with Crippen LogP contribution in [0.2, 0.25) is 0 Å². The molecule has 0 spiro atoms. The topological polar surface area (TPSA) is 50.1 Å². The number of fused-ring (bicyclic) bond motifs is 1. The van der Waals surface area contributed by atoms with Gasteiger partial charge < -0.3 is 4.74 Å². The summed E-state index contributed by atoms with van der Waals surface area (Å²) in [7, 11) is 0. The minimum absolute atomic E-state index is 0.394. The molecule has 2 aromatic carbocycles. The molecule has 0 radical (unpaired) electrons. The van der Waals surface area contributed by atoms with E-state index in [1.54, 1.807) is 32.0 Å². The van der Waals surface area contributed by atoms with Crippen LogP contribution in [0.1, 0.15) is 30.5 Å². The zero-order chi connectivity index (χ0) is 16.8. The van der Waals surface area contributed by atoms with Gasteiger partial charge in [-0.15, -0.1) is 0 Å². The summed E-state index contributed by atoms with van der Waals surface area (Å²) in [5.41, 5.74) is -0.180. The molecule has 116 valence electrons. The second kappa shape index (κ2) is 4.92. The molecule has 3 rings (SSSR count). The van der Waals surface area contributed by atoms with E-state index in [2.05, 4.69) is 6.07 Å².